The van der Waals surface area contributed by atoms with Gasteiger partial charge in [-0.25, -0.2) is 0 Å². The molecule has 21 heavy (non-hydrogen) atoms. The summed E-state index contributed by atoms with van der Waals surface area (Å²) in [5.41, 5.74) is 1.35. The van der Waals surface area contributed by atoms with Crippen LogP contribution in [0.5, 0.6) is 0 Å². The van der Waals surface area contributed by atoms with Crippen molar-refractivity contribution in [2.45, 2.75) is 45.6 Å². The second kappa shape index (κ2) is 8.77. The molecule has 1 saturated carbocycles. The molecule has 1 aromatic carbocycles. The van der Waals surface area contributed by atoms with E-state index in [0.29, 0.717) is 6.04 Å². The fourth-order valence-electron chi connectivity index (χ4n) is 2.92. The summed E-state index contributed by atoms with van der Waals surface area (Å²) >= 11 is 6.00. The quantitative estimate of drug-likeness (QED) is 0.684. The topological polar surface area (TPSA) is 15.3 Å². The van der Waals surface area contributed by atoms with E-state index < -0.39 is 0 Å². The normalized spacial score (nSPS) is 16.4. The molecular weight excluding hydrogens is 280 g/mol. The maximum absolute atomic E-state index is 6.00. The molecule has 118 valence electrons. The van der Waals surface area contributed by atoms with Crippen molar-refractivity contribution in [2.24, 2.45) is 5.92 Å². The average molecular weight is 309 g/mol. The van der Waals surface area contributed by atoms with Gasteiger partial charge in [-0.2, -0.15) is 0 Å². The second-order valence-electron chi connectivity index (χ2n) is 6.19. The minimum atomic E-state index is 0.436. The smallest absolute Gasteiger partial charge is 0.0406 e. The van der Waals surface area contributed by atoms with Gasteiger partial charge >= 0.3 is 0 Å². The van der Waals surface area contributed by atoms with Gasteiger partial charge in [-0.15, -0.1) is 0 Å². The maximum Gasteiger partial charge on any atom is 0.0406 e. The van der Waals surface area contributed by atoms with E-state index in [9.17, 15) is 0 Å². The highest BCUT2D eigenvalue weighted by Crippen LogP contribution is 2.30. The van der Waals surface area contributed by atoms with Crippen molar-refractivity contribution in [3.63, 3.8) is 0 Å². The molecule has 1 fully saturated rings. The van der Waals surface area contributed by atoms with Crippen LogP contribution in [0.1, 0.15) is 51.1 Å². The van der Waals surface area contributed by atoms with Crippen LogP contribution < -0.4 is 5.32 Å². The van der Waals surface area contributed by atoms with Gasteiger partial charge in [-0.3, -0.25) is 0 Å². The summed E-state index contributed by atoms with van der Waals surface area (Å²) in [6, 6.07) is 8.73. The van der Waals surface area contributed by atoms with E-state index in [1.165, 1.54) is 50.9 Å². The molecule has 1 atom stereocenters. The Morgan fingerprint density at radius 3 is 2.48 bits per heavy atom. The molecule has 0 amide bonds. The molecule has 1 N–H and O–H groups in total. The summed E-state index contributed by atoms with van der Waals surface area (Å²) in [5, 5.41) is 4.43. The first-order chi connectivity index (χ1) is 10.2. The Kier molecular flexibility index (Phi) is 7.01. The van der Waals surface area contributed by atoms with Crippen molar-refractivity contribution in [1.29, 1.82) is 0 Å². The highest BCUT2D eigenvalue weighted by atomic mass is 35.5. The molecule has 0 saturated heterocycles. The van der Waals surface area contributed by atoms with Crippen LogP contribution in [0.2, 0.25) is 5.02 Å². The monoisotopic (exact) mass is 308 g/mol. The Morgan fingerprint density at radius 1 is 1.19 bits per heavy atom. The number of benzene rings is 1. The lowest BCUT2D eigenvalue weighted by molar-refractivity contribution is 0.248. The van der Waals surface area contributed by atoms with Crippen LogP contribution in [0.3, 0.4) is 0 Å². The molecular formula is C18H29ClN2. The Bertz CT molecular complexity index is 400. The Labute approximate surface area is 134 Å². The van der Waals surface area contributed by atoms with Crippen LogP contribution in [0.25, 0.3) is 0 Å². The van der Waals surface area contributed by atoms with E-state index in [1.54, 1.807) is 0 Å². The first-order valence-corrected chi connectivity index (χ1v) is 8.82. The van der Waals surface area contributed by atoms with Gasteiger partial charge in [0.2, 0.25) is 0 Å². The molecule has 1 unspecified atom stereocenters. The SMILES string of the molecule is CCCN(CCC(NCC)c1ccc(Cl)cc1)CC1CC1. The molecule has 0 heterocycles. The number of rotatable bonds is 10. The fraction of sp³-hybridized carbons (Fsp3) is 0.667. The number of halogens is 1. The maximum atomic E-state index is 6.00. The fourth-order valence-corrected chi connectivity index (χ4v) is 3.04. The van der Waals surface area contributed by atoms with Gasteiger partial charge < -0.3 is 10.2 Å². The first-order valence-electron chi connectivity index (χ1n) is 8.44. The third kappa shape index (κ3) is 5.98. The van der Waals surface area contributed by atoms with Crippen molar-refractivity contribution < 1.29 is 0 Å². The molecule has 3 heteroatoms. The second-order valence-corrected chi connectivity index (χ2v) is 6.63. The lowest BCUT2D eigenvalue weighted by Gasteiger charge is -2.25. The Hall–Kier alpha value is -0.570. The molecule has 1 aliphatic carbocycles. The summed E-state index contributed by atoms with van der Waals surface area (Å²) in [6.45, 7) is 9.18. The zero-order valence-corrected chi connectivity index (χ0v) is 14.2. The van der Waals surface area contributed by atoms with Crippen LogP contribution >= 0.6 is 11.6 Å². The van der Waals surface area contributed by atoms with E-state index in [-0.39, 0.29) is 0 Å². The standard InChI is InChI=1S/C18H29ClN2/c1-3-12-21(14-15-5-6-15)13-11-18(20-4-2)16-7-9-17(19)10-8-16/h7-10,15,18,20H,3-6,11-14H2,1-2H3. The predicted octanol–water partition coefficient (Wildman–Crippen LogP) is 4.50. The summed E-state index contributed by atoms with van der Waals surface area (Å²) in [5.74, 6) is 0.977. The van der Waals surface area contributed by atoms with Crippen LogP contribution in [0.4, 0.5) is 0 Å². The molecule has 1 aromatic rings. The van der Waals surface area contributed by atoms with Gasteiger partial charge in [0.25, 0.3) is 0 Å². The molecule has 0 aromatic heterocycles. The summed E-state index contributed by atoms with van der Waals surface area (Å²) in [4.78, 5) is 2.65. The van der Waals surface area contributed by atoms with E-state index in [1.807, 2.05) is 12.1 Å². The minimum Gasteiger partial charge on any atom is -0.310 e. The molecule has 0 aliphatic heterocycles. The van der Waals surface area contributed by atoms with Crippen molar-refractivity contribution in [1.82, 2.24) is 10.2 Å². The Balaban J connectivity index is 1.89. The first kappa shape index (κ1) is 16.8. The lowest BCUT2D eigenvalue weighted by atomic mass is 10.0. The number of nitrogens with zero attached hydrogens (tertiary/aromatic N) is 1. The summed E-state index contributed by atoms with van der Waals surface area (Å²) < 4.78 is 0. The molecule has 1 aliphatic rings. The summed E-state index contributed by atoms with van der Waals surface area (Å²) in [7, 11) is 0. The van der Waals surface area contributed by atoms with Crippen LogP contribution in [-0.2, 0) is 0 Å². The third-order valence-electron chi connectivity index (χ3n) is 4.21. The van der Waals surface area contributed by atoms with Crippen molar-refractivity contribution in [2.75, 3.05) is 26.2 Å². The van der Waals surface area contributed by atoms with Gasteiger partial charge in [0.1, 0.15) is 0 Å². The zero-order valence-electron chi connectivity index (χ0n) is 13.4. The molecule has 0 radical (unpaired) electrons. The van der Waals surface area contributed by atoms with E-state index >= 15 is 0 Å². The lowest BCUT2D eigenvalue weighted by Crippen LogP contribution is -2.31. The molecule has 2 nitrogen and oxygen atoms in total. The van der Waals surface area contributed by atoms with Crippen LogP contribution in [0.15, 0.2) is 24.3 Å². The Morgan fingerprint density at radius 2 is 1.90 bits per heavy atom. The van der Waals surface area contributed by atoms with E-state index in [4.69, 9.17) is 11.6 Å². The van der Waals surface area contributed by atoms with Gasteiger partial charge in [-0.1, -0.05) is 37.6 Å². The van der Waals surface area contributed by atoms with Crippen LogP contribution in [-0.4, -0.2) is 31.1 Å². The van der Waals surface area contributed by atoms with Crippen LogP contribution in [0, 0.1) is 5.92 Å². The van der Waals surface area contributed by atoms with E-state index in [2.05, 4.69) is 36.2 Å². The van der Waals surface area contributed by atoms with Crippen molar-refractivity contribution >= 4 is 11.6 Å². The van der Waals surface area contributed by atoms with Crippen molar-refractivity contribution in [3.8, 4) is 0 Å². The van der Waals surface area contributed by atoms with Gasteiger partial charge in [0, 0.05) is 17.6 Å². The molecule has 0 bridgehead atoms. The average Bonchev–Trinajstić information content (AvgIpc) is 3.28. The number of hydrogen-bond donors (Lipinski definition) is 1. The van der Waals surface area contributed by atoms with Crippen molar-refractivity contribution in [3.05, 3.63) is 34.9 Å². The van der Waals surface area contributed by atoms with Gasteiger partial charge in [-0.05, 0) is 68.9 Å². The number of hydrogen-bond acceptors (Lipinski definition) is 2. The molecule has 2 rings (SSSR count). The largest absolute Gasteiger partial charge is 0.310 e. The van der Waals surface area contributed by atoms with Gasteiger partial charge in [0.05, 0.1) is 0 Å². The van der Waals surface area contributed by atoms with Gasteiger partial charge in [0.15, 0.2) is 0 Å². The van der Waals surface area contributed by atoms with E-state index in [0.717, 1.165) is 17.5 Å². The highest BCUT2D eigenvalue weighted by molar-refractivity contribution is 6.30. The zero-order chi connectivity index (χ0) is 15.1. The molecule has 0 spiro atoms. The summed E-state index contributed by atoms with van der Waals surface area (Å²) in [6.07, 6.45) is 5.30. The third-order valence-corrected chi connectivity index (χ3v) is 4.46. The minimum absolute atomic E-state index is 0.436. The number of nitrogens with one attached hydrogen (secondary N) is 1. The predicted molar refractivity (Wildman–Crippen MR) is 91.9 cm³/mol. The highest BCUT2D eigenvalue weighted by Gasteiger charge is 2.24.